The third-order valence-electron chi connectivity index (χ3n) is 4.44. The van der Waals surface area contributed by atoms with Crippen LogP contribution in [-0.4, -0.2) is 6.69 Å². The van der Waals surface area contributed by atoms with Crippen LogP contribution in [0.1, 0.15) is 97.8 Å². The van der Waals surface area contributed by atoms with E-state index in [9.17, 15) is 0 Å². The van der Waals surface area contributed by atoms with Crippen LogP contribution in [0, 0.1) is 0 Å². The maximum Gasteiger partial charge on any atom is 0.130 e. The van der Waals surface area contributed by atoms with E-state index in [-0.39, 0.29) is 0 Å². The summed E-state index contributed by atoms with van der Waals surface area (Å²) in [5.41, 5.74) is 0. The molecule has 1 atom stereocenters. The fraction of sp³-hybridized carbons (Fsp3) is 1.00. The first-order valence-electron chi connectivity index (χ1n) is 9.37. The second-order valence-corrected chi connectivity index (χ2v) is 15.4. The molecule has 122 valence electrons. The second kappa shape index (κ2) is 14.6. The van der Waals surface area contributed by atoms with Gasteiger partial charge < -0.3 is 0 Å². The van der Waals surface area contributed by atoms with E-state index in [4.69, 9.17) is 0 Å². The van der Waals surface area contributed by atoms with E-state index >= 15 is 0 Å². The lowest BCUT2D eigenvalue weighted by molar-refractivity contribution is 0.621. The molecule has 1 unspecified atom stereocenters. The third kappa shape index (κ3) is 12.4. The molecule has 0 radical (unpaired) electrons. The predicted octanol–water partition coefficient (Wildman–Crippen LogP) is 8.07. The summed E-state index contributed by atoms with van der Waals surface area (Å²) in [4.78, 5) is 0. The molecule has 2 heteroatoms. The summed E-state index contributed by atoms with van der Waals surface area (Å²) in [5, 5.41) is 0. The van der Waals surface area contributed by atoms with Crippen molar-refractivity contribution < 1.29 is 0 Å². The Morgan fingerprint density at radius 2 is 0.850 bits per heavy atom. The van der Waals surface area contributed by atoms with Gasteiger partial charge in [-0.25, -0.2) is 0 Å². The van der Waals surface area contributed by atoms with E-state index in [1.807, 2.05) is 0 Å². The Bertz CT molecular complexity index is 196. The van der Waals surface area contributed by atoms with Crippen molar-refractivity contribution >= 4 is 22.0 Å². The monoisotopic (exact) mass is 362 g/mol. The number of unbranched alkanes of at least 4 members (excludes halogenated alkanes) is 9. The third-order valence-corrected chi connectivity index (χ3v) is 11.8. The summed E-state index contributed by atoms with van der Waals surface area (Å²) in [6.45, 7) is 5.88. The molecular formula is C18H39BrSi. The fourth-order valence-electron chi connectivity index (χ4n) is 2.96. The van der Waals surface area contributed by atoms with E-state index in [0.717, 1.165) is 0 Å². The molecule has 0 aliphatic heterocycles. The van der Waals surface area contributed by atoms with E-state index < -0.39 is 6.69 Å². The van der Waals surface area contributed by atoms with Gasteiger partial charge in [0.05, 0.1) is 0 Å². The van der Waals surface area contributed by atoms with Crippen molar-refractivity contribution in [3.05, 3.63) is 0 Å². The molecule has 0 aliphatic carbocycles. The topological polar surface area (TPSA) is 0 Å². The van der Waals surface area contributed by atoms with Crippen molar-refractivity contribution in [3.8, 4) is 0 Å². The minimum Gasteiger partial charge on any atom is -0.126 e. The smallest absolute Gasteiger partial charge is 0.126 e. The van der Waals surface area contributed by atoms with Gasteiger partial charge in [-0.05, 0) is 18.1 Å². The van der Waals surface area contributed by atoms with Crippen LogP contribution >= 0.6 is 15.3 Å². The molecule has 0 rings (SSSR count). The Morgan fingerprint density at radius 3 is 1.35 bits per heavy atom. The van der Waals surface area contributed by atoms with Crippen LogP contribution in [0.5, 0.6) is 0 Å². The van der Waals surface area contributed by atoms with E-state index in [2.05, 4.69) is 36.1 Å². The molecule has 0 saturated carbocycles. The van der Waals surface area contributed by atoms with Gasteiger partial charge >= 0.3 is 0 Å². The van der Waals surface area contributed by atoms with Crippen molar-refractivity contribution in [1.82, 2.24) is 0 Å². The Morgan fingerprint density at radius 1 is 0.500 bits per heavy atom. The summed E-state index contributed by atoms with van der Waals surface area (Å²) in [6, 6.07) is 4.58. The lowest BCUT2D eigenvalue weighted by Crippen LogP contribution is -2.25. The van der Waals surface area contributed by atoms with Crippen molar-refractivity contribution in [1.29, 1.82) is 0 Å². The zero-order chi connectivity index (χ0) is 15.1. The van der Waals surface area contributed by atoms with Crippen molar-refractivity contribution in [2.24, 2.45) is 0 Å². The van der Waals surface area contributed by atoms with E-state index in [1.165, 1.54) is 95.2 Å². The quantitative estimate of drug-likeness (QED) is 0.157. The Labute approximate surface area is 138 Å². The van der Waals surface area contributed by atoms with Crippen LogP contribution in [0.3, 0.4) is 0 Å². The molecular weight excluding hydrogens is 324 g/mol. The molecule has 0 N–H and O–H groups in total. The number of halogens is 1. The molecule has 0 aromatic rings. The molecule has 0 spiro atoms. The average molecular weight is 364 g/mol. The maximum absolute atomic E-state index is 4.26. The number of rotatable bonds is 15. The summed E-state index contributed by atoms with van der Waals surface area (Å²) in [5.74, 6) is 0. The van der Waals surface area contributed by atoms with Crippen LogP contribution in [-0.2, 0) is 0 Å². The molecule has 0 aromatic carbocycles. The van der Waals surface area contributed by atoms with Gasteiger partial charge in [-0.3, -0.25) is 0 Å². The minimum atomic E-state index is -1.08. The summed E-state index contributed by atoms with van der Waals surface area (Å²) in [6.07, 6.45) is 17.2. The molecule has 0 amide bonds. The first kappa shape index (κ1) is 20.7. The summed E-state index contributed by atoms with van der Waals surface area (Å²) in [7, 11) is 0. The molecule has 20 heavy (non-hydrogen) atoms. The van der Waals surface area contributed by atoms with Crippen LogP contribution in [0.25, 0.3) is 0 Å². The van der Waals surface area contributed by atoms with Crippen LogP contribution in [0.15, 0.2) is 0 Å². The zero-order valence-electron chi connectivity index (χ0n) is 14.5. The first-order valence-corrected chi connectivity index (χ1v) is 14.2. The summed E-state index contributed by atoms with van der Waals surface area (Å²) < 4.78 is 0. The van der Waals surface area contributed by atoms with Gasteiger partial charge in [0.15, 0.2) is 0 Å². The van der Waals surface area contributed by atoms with Gasteiger partial charge in [-0.1, -0.05) is 97.8 Å². The van der Waals surface area contributed by atoms with Crippen molar-refractivity contribution in [2.45, 2.75) is 116 Å². The molecule has 0 saturated heterocycles. The molecule has 0 aromatic heterocycles. The highest BCUT2D eigenvalue weighted by atomic mass is 79.9. The Hall–Kier alpha value is 0.697. The van der Waals surface area contributed by atoms with Crippen LogP contribution in [0.2, 0.25) is 18.1 Å². The molecule has 0 heterocycles. The van der Waals surface area contributed by atoms with Crippen LogP contribution < -0.4 is 0 Å². The lowest BCUT2D eigenvalue weighted by atomic mass is 10.1. The summed E-state index contributed by atoms with van der Waals surface area (Å²) >= 11 is 4.26. The standard InChI is InChI=1S/C18H39BrSi/c1-4-7-10-12-13-15-18-20(19,16-9-6-3)17-14-11-8-5-2/h4-18H2,1-3H3. The molecule has 0 fully saturated rings. The number of hydrogen-bond donors (Lipinski definition) is 0. The zero-order valence-corrected chi connectivity index (χ0v) is 17.1. The second-order valence-electron chi connectivity index (χ2n) is 6.58. The molecule has 0 bridgehead atoms. The fourth-order valence-corrected chi connectivity index (χ4v) is 8.99. The highest BCUT2D eigenvalue weighted by molar-refractivity contribution is 9.26. The van der Waals surface area contributed by atoms with Crippen LogP contribution in [0.4, 0.5) is 0 Å². The van der Waals surface area contributed by atoms with Gasteiger partial charge in [0.25, 0.3) is 0 Å². The lowest BCUT2D eigenvalue weighted by Gasteiger charge is -2.25. The van der Waals surface area contributed by atoms with Gasteiger partial charge in [0.2, 0.25) is 0 Å². The minimum absolute atomic E-state index is 1.08. The highest BCUT2D eigenvalue weighted by Gasteiger charge is 2.27. The Balaban J connectivity index is 3.85. The largest absolute Gasteiger partial charge is 0.130 e. The normalized spacial score (nSPS) is 14.4. The Kier molecular flexibility index (Phi) is 15.1. The first-order chi connectivity index (χ1) is 9.68. The van der Waals surface area contributed by atoms with Gasteiger partial charge in [0, 0.05) is 0 Å². The van der Waals surface area contributed by atoms with Crippen molar-refractivity contribution in [3.63, 3.8) is 0 Å². The number of hydrogen-bond acceptors (Lipinski definition) is 0. The highest BCUT2D eigenvalue weighted by Crippen LogP contribution is 2.34. The van der Waals surface area contributed by atoms with Gasteiger partial charge in [0.1, 0.15) is 6.69 Å². The SMILES string of the molecule is CCCCCCCC[Si](Br)(CCCC)CCCCCC. The maximum atomic E-state index is 4.26. The van der Waals surface area contributed by atoms with Gasteiger partial charge in [-0.2, -0.15) is 0 Å². The predicted molar refractivity (Wildman–Crippen MR) is 102 cm³/mol. The van der Waals surface area contributed by atoms with Crippen molar-refractivity contribution in [2.75, 3.05) is 0 Å². The van der Waals surface area contributed by atoms with E-state index in [0.29, 0.717) is 0 Å². The van der Waals surface area contributed by atoms with Gasteiger partial charge in [-0.15, -0.1) is 15.3 Å². The molecule has 0 aliphatic rings. The van der Waals surface area contributed by atoms with E-state index in [1.54, 1.807) is 0 Å². The molecule has 0 nitrogen and oxygen atoms in total. The average Bonchev–Trinajstić information content (AvgIpc) is 2.45.